The van der Waals surface area contributed by atoms with Gasteiger partial charge in [-0.3, -0.25) is 0 Å². The number of nitriles is 1. The molecule has 284 valence electrons. The number of aromatic nitrogens is 3. The Kier molecular flexibility index (Phi) is 8.33. The summed E-state index contributed by atoms with van der Waals surface area (Å²) in [6, 6.07) is 70.3. The second-order valence-electron chi connectivity index (χ2n) is 15.0. The van der Waals surface area contributed by atoms with Crippen LogP contribution in [0.4, 0.5) is 39.8 Å². The van der Waals surface area contributed by atoms with Crippen LogP contribution in [-0.2, 0) is 5.41 Å². The molecule has 0 N–H and O–H groups in total. The first-order valence-electron chi connectivity index (χ1n) is 20.1. The molecule has 2 aliphatic rings. The van der Waals surface area contributed by atoms with E-state index in [0.717, 1.165) is 61.8 Å². The summed E-state index contributed by atoms with van der Waals surface area (Å²) in [4.78, 5) is 23.3. The third kappa shape index (κ3) is 5.46. The third-order valence-corrected chi connectivity index (χ3v) is 11.7. The first-order valence-corrected chi connectivity index (χ1v) is 20.1. The lowest BCUT2D eigenvalue weighted by molar-refractivity contribution is 0.719. The average molecular weight is 780 g/mol. The number of hydrogen-bond acceptors (Lipinski definition) is 6. The molecule has 1 aromatic heterocycles. The maximum atomic E-state index is 11.1. The van der Waals surface area contributed by atoms with Crippen LogP contribution in [0, 0.1) is 17.9 Å². The molecule has 3 heterocycles. The van der Waals surface area contributed by atoms with E-state index in [1.54, 1.807) is 12.1 Å². The highest BCUT2D eigenvalue weighted by molar-refractivity contribution is 6.00. The van der Waals surface area contributed by atoms with E-state index in [1.165, 1.54) is 0 Å². The Balaban J connectivity index is 1.15. The minimum absolute atomic E-state index is 0.303. The second kappa shape index (κ2) is 14.3. The van der Waals surface area contributed by atoms with Gasteiger partial charge in [0, 0.05) is 33.8 Å². The van der Waals surface area contributed by atoms with Crippen LogP contribution in [-0.4, -0.2) is 15.0 Å². The lowest BCUT2D eigenvalue weighted by Gasteiger charge is -2.51. The number of nitrogens with zero attached hydrogens (tertiary/aromatic N) is 7. The van der Waals surface area contributed by atoms with Crippen molar-refractivity contribution in [1.82, 2.24) is 15.0 Å². The molecule has 0 fully saturated rings. The van der Waals surface area contributed by atoms with Gasteiger partial charge in [0.25, 0.3) is 0 Å². The van der Waals surface area contributed by atoms with Crippen LogP contribution < -0.4 is 9.80 Å². The second-order valence-corrected chi connectivity index (χ2v) is 15.0. The standard InChI is InChI=1S/C54H33N7/c1-56-45-34-38(53-58-51(36-19-5-2-6-20-36)57-52(59-53)37-21-7-3-8-22-37)33-39(35-55)50(45)61-48-31-17-13-27-43(48)54(44-28-14-18-32-49(44)61)41-25-11-15-29-46(41)60(40-23-9-4-10-24-40)47-30-16-12-26-42(47)54/h2-34H. The van der Waals surface area contributed by atoms with E-state index in [0.29, 0.717) is 40.0 Å². The van der Waals surface area contributed by atoms with Crippen molar-refractivity contribution in [2.75, 3.05) is 9.80 Å². The number of hydrogen-bond donors (Lipinski definition) is 0. The van der Waals surface area contributed by atoms with Gasteiger partial charge in [0.05, 0.1) is 40.7 Å². The highest BCUT2D eigenvalue weighted by Gasteiger charge is 2.52. The molecule has 0 unspecified atom stereocenters. The lowest BCUT2D eigenvalue weighted by atomic mass is 9.60. The van der Waals surface area contributed by atoms with Gasteiger partial charge in [0.15, 0.2) is 17.5 Å². The Hall–Kier alpha value is -8.65. The fourth-order valence-electron chi connectivity index (χ4n) is 9.26. The molecule has 0 amide bonds. The van der Waals surface area contributed by atoms with Crippen molar-refractivity contribution in [2.45, 2.75) is 5.41 Å². The summed E-state index contributed by atoms with van der Waals surface area (Å²) in [5.41, 5.74) is 11.9. The van der Waals surface area contributed by atoms with E-state index in [4.69, 9.17) is 21.5 Å². The third-order valence-electron chi connectivity index (χ3n) is 11.7. The topological polar surface area (TPSA) is 73.3 Å². The van der Waals surface area contributed by atoms with Gasteiger partial charge in [-0.25, -0.2) is 19.8 Å². The van der Waals surface area contributed by atoms with Crippen LogP contribution in [0.2, 0.25) is 0 Å². The molecule has 0 saturated heterocycles. The van der Waals surface area contributed by atoms with Gasteiger partial charge in [-0.2, -0.15) is 5.26 Å². The highest BCUT2D eigenvalue weighted by atomic mass is 15.2. The van der Waals surface area contributed by atoms with Gasteiger partial charge in [-0.15, -0.1) is 0 Å². The summed E-state index contributed by atoms with van der Waals surface area (Å²) in [6.45, 7) is 8.67. The summed E-state index contributed by atoms with van der Waals surface area (Å²) in [5, 5.41) is 11.1. The zero-order valence-electron chi connectivity index (χ0n) is 32.7. The largest absolute Gasteiger partial charge is 0.318 e. The number of para-hydroxylation sites is 5. The molecule has 11 rings (SSSR count). The van der Waals surface area contributed by atoms with Crippen molar-refractivity contribution in [1.29, 1.82) is 5.26 Å². The van der Waals surface area contributed by atoms with Gasteiger partial charge < -0.3 is 9.80 Å². The van der Waals surface area contributed by atoms with Crippen molar-refractivity contribution < 1.29 is 0 Å². The normalized spacial score (nSPS) is 13.0. The molecule has 8 aromatic carbocycles. The molecule has 61 heavy (non-hydrogen) atoms. The maximum absolute atomic E-state index is 11.1. The predicted molar refractivity (Wildman–Crippen MR) is 242 cm³/mol. The monoisotopic (exact) mass is 779 g/mol. The van der Waals surface area contributed by atoms with Gasteiger partial charge in [-0.05, 0) is 70.8 Å². The summed E-state index contributed by atoms with van der Waals surface area (Å²) in [7, 11) is 0. The molecule has 1 spiro atoms. The number of anilines is 6. The molecule has 0 saturated carbocycles. The average Bonchev–Trinajstić information content (AvgIpc) is 3.34. The van der Waals surface area contributed by atoms with Gasteiger partial charge in [0.2, 0.25) is 5.69 Å². The van der Waals surface area contributed by atoms with E-state index in [1.807, 2.05) is 78.9 Å². The molecule has 0 bridgehead atoms. The van der Waals surface area contributed by atoms with E-state index in [-0.39, 0.29) is 0 Å². The maximum Gasteiger partial charge on any atom is 0.212 e. The van der Waals surface area contributed by atoms with Crippen LogP contribution in [0.3, 0.4) is 0 Å². The van der Waals surface area contributed by atoms with E-state index >= 15 is 0 Å². The van der Waals surface area contributed by atoms with Crippen molar-refractivity contribution in [3.8, 4) is 40.2 Å². The molecule has 7 nitrogen and oxygen atoms in total. The summed E-state index contributed by atoms with van der Waals surface area (Å²) in [6.07, 6.45) is 0. The summed E-state index contributed by atoms with van der Waals surface area (Å²) < 4.78 is 0. The quantitative estimate of drug-likeness (QED) is 0.162. The molecular weight excluding hydrogens is 747 g/mol. The number of rotatable bonds is 5. The lowest BCUT2D eigenvalue weighted by Crippen LogP contribution is -2.42. The molecule has 0 radical (unpaired) electrons. The van der Waals surface area contributed by atoms with Gasteiger partial charge >= 0.3 is 0 Å². The van der Waals surface area contributed by atoms with Crippen LogP contribution in [0.15, 0.2) is 200 Å². The minimum Gasteiger partial charge on any atom is -0.318 e. The molecular formula is C54H33N7. The Bertz CT molecular complexity index is 3050. The van der Waals surface area contributed by atoms with Gasteiger partial charge in [-0.1, -0.05) is 152 Å². The summed E-state index contributed by atoms with van der Waals surface area (Å²) in [5.74, 6) is 1.37. The van der Waals surface area contributed by atoms with Crippen molar-refractivity contribution >= 4 is 39.8 Å². The molecule has 2 aliphatic heterocycles. The van der Waals surface area contributed by atoms with Crippen molar-refractivity contribution in [2.24, 2.45) is 0 Å². The number of fused-ring (bicyclic) bond motifs is 8. The Morgan fingerprint density at radius 3 is 1.25 bits per heavy atom. The smallest absolute Gasteiger partial charge is 0.212 e. The zero-order chi connectivity index (χ0) is 40.9. The number of benzene rings is 8. The highest BCUT2D eigenvalue weighted by Crippen LogP contribution is 2.64. The van der Waals surface area contributed by atoms with Crippen LogP contribution in [0.1, 0.15) is 27.8 Å². The molecule has 0 atom stereocenters. The zero-order valence-corrected chi connectivity index (χ0v) is 32.7. The van der Waals surface area contributed by atoms with E-state index < -0.39 is 5.41 Å². The van der Waals surface area contributed by atoms with Gasteiger partial charge in [0.1, 0.15) is 0 Å². The Morgan fingerprint density at radius 1 is 0.443 bits per heavy atom. The predicted octanol–water partition coefficient (Wildman–Crippen LogP) is 13.2. The molecule has 7 heteroatoms. The first-order chi connectivity index (χ1) is 30.2. The Labute approximate surface area is 353 Å². The fraction of sp³-hybridized carbons (Fsp3) is 0.0185. The fourth-order valence-corrected chi connectivity index (χ4v) is 9.26. The summed E-state index contributed by atoms with van der Waals surface area (Å²) >= 11 is 0. The van der Waals surface area contributed by atoms with Crippen LogP contribution in [0.5, 0.6) is 0 Å². The first kappa shape index (κ1) is 35.5. The van der Waals surface area contributed by atoms with Crippen molar-refractivity contribution in [3.63, 3.8) is 0 Å². The van der Waals surface area contributed by atoms with E-state index in [2.05, 4.69) is 130 Å². The SMILES string of the molecule is [C-]#[N+]c1cc(-c2nc(-c3ccccc3)nc(-c3ccccc3)n2)cc(C#N)c1N1c2ccccc2C2(c3ccccc3N(c3ccccc3)c3ccccc32)c2ccccc21. The molecule has 9 aromatic rings. The molecule has 0 aliphatic carbocycles. The minimum atomic E-state index is -0.750. The van der Waals surface area contributed by atoms with Crippen LogP contribution >= 0.6 is 0 Å². The van der Waals surface area contributed by atoms with Crippen molar-refractivity contribution in [3.05, 3.63) is 239 Å². The van der Waals surface area contributed by atoms with Crippen LogP contribution in [0.25, 0.3) is 39.0 Å². The Morgan fingerprint density at radius 2 is 0.820 bits per heavy atom. The van der Waals surface area contributed by atoms with E-state index in [9.17, 15) is 5.26 Å².